The molecule has 104 valence electrons. The second kappa shape index (κ2) is 5.84. The van der Waals surface area contributed by atoms with Crippen LogP contribution in [0.2, 0.25) is 5.02 Å². The van der Waals surface area contributed by atoms with E-state index in [1.165, 1.54) is 7.11 Å². The highest BCUT2D eigenvalue weighted by atomic mass is 35.5. The van der Waals surface area contributed by atoms with E-state index in [4.69, 9.17) is 22.1 Å². The van der Waals surface area contributed by atoms with Crippen LogP contribution < -0.4 is 15.8 Å². The van der Waals surface area contributed by atoms with Crippen molar-refractivity contribution >= 4 is 28.9 Å². The third-order valence-corrected chi connectivity index (χ3v) is 3.20. The zero-order valence-corrected chi connectivity index (χ0v) is 12.0. The number of nitrogens with one attached hydrogen (secondary N) is 1. The van der Waals surface area contributed by atoms with E-state index in [9.17, 15) is 4.79 Å². The van der Waals surface area contributed by atoms with Gasteiger partial charge in [-0.15, -0.1) is 0 Å². The van der Waals surface area contributed by atoms with Gasteiger partial charge in [0.25, 0.3) is 5.91 Å². The molecule has 0 atom stereocenters. The van der Waals surface area contributed by atoms with Crippen molar-refractivity contribution in [2.75, 3.05) is 18.2 Å². The molecule has 2 rings (SSSR count). The van der Waals surface area contributed by atoms with Crippen LogP contribution in [0.25, 0.3) is 0 Å². The number of para-hydroxylation sites is 1. The number of ether oxygens (including phenoxy) is 1. The molecule has 0 aliphatic carbocycles. The van der Waals surface area contributed by atoms with Crippen LogP contribution >= 0.6 is 11.6 Å². The molecule has 0 radical (unpaired) electrons. The number of anilines is 2. The summed E-state index contributed by atoms with van der Waals surface area (Å²) in [4.78, 5) is 12.3. The largest absolute Gasteiger partial charge is 0.496 e. The molecule has 4 nitrogen and oxygen atoms in total. The SMILES string of the molecule is COc1ccc(C)cc1C(=O)Nc1c(N)cccc1Cl. The first-order valence-electron chi connectivity index (χ1n) is 6.03. The molecule has 2 aromatic carbocycles. The first-order chi connectivity index (χ1) is 9.52. The fraction of sp³-hybridized carbons (Fsp3) is 0.133. The summed E-state index contributed by atoms with van der Waals surface area (Å²) in [6.45, 7) is 1.90. The van der Waals surface area contributed by atoms with Crippen molar-refractivity contribution in [3.05, 3.63) is 52.5 Å². The standard InChI is InChI=1S/C15H15ClN2O2/c1-9-6-7-13(20-2)10(8-9)15(19)18-14-11(16)4-3-5-12(14)17/h3-8H,17H2,1-2H3,(H,18,19). The quantitative estimate of drug-likeness (QED) is 0.851. The minimum absolute atomic E-state index is 0.314. The normalized spacial score (nSPS) is 10.2. The molecular weight excluding hydrogens is 276 g/mol. The summed E-state index contributed by atoms with van der Waals surface area (Å²) in [5.41, 5.74) is 8.04. The number of amides is 1. The maximum atomic E-state index is 12.3. The van der Waals surface area contributed by atoms with Gasteiger partial charge in [0.1, 0.15) is 5.75 Å². The summed E-state index contributed by atoms with van der Waals surface area (Å²) in [6, 6.07) is 10.4. The van der Waals surface area contributed by atoms with Gasteiger partial charge < -0.3 is 15.8 Å². The number of carbonyl (C=O) groups is 1. The molecule has 0 aliphatic heterocycles. The summed E-state index contributed by atoms with van der Waals surface area (Å²) in [6.07, 6.45) is 0. The topological polar surface area (TPSA) is 64.3 Å². The number of benzene rings is 2. The Morgan fingerprint density at radius 2 is 2.05 bits per heavy atom. The maximum Gasteiger partial charge on any atom is 0.259 e. The number of nitrogen functional groups attached to an aromatic ring is 1. The number of rotatable bonds is 3. The number of hydrogen-bond acceptors (Lipinski definition) is 3. The van der Waals surface area contributed by atoms with Gasteiger partial charge in [0.2, 0.25) is 0 Å². The number of hydrogen-bond donors (Lipinski definition) is 2. The summed E-state index contributed by atoms with van der Waals surface area (Å²) < 4.78 is 5.19. The number of halogens is 1. The molecule has 1 amide bonds. The van der Waals surface area contributed by atoms with E-state index < -0.39 is 0 Å². The first-order valence-corrected chi connectivity index (χ1v) is 6.40. The number of carbonyl (C=O) groups excluding carboxylic acids is 1. The highest BCUT2D eigenvalue weighted by molar-refractivity contribution is 6.34. The Morgan fingerprint density at radius 1 is 1.30 bits per heavy atom. The summed E-state index contributed by atoms with van der Waals surface area (Å²) in [7, 11) is 1.52. The Kier molecular flexibility index (Phi) is 4.15. The van der Waals surface area contributed by atoms with Crippen LogP contribution in [0.3, 0.4) is 0 Å². The lowest BCUT2D eigenvalue weighted by atomic mass is 10.1. The molecule has 2 aromatic rings. The smallest absolute Gasteiger partial charge is 0.259 e. The second-order valence-electron chi connectivity index (χ2n) is 4.36. The predicted molar refractivity (Wildman–Crippen MR) is 81.5 cm³/mol. The average Bonchev–Trinajstić information content (AvgIpc) is 2.43. The third kappa shape index (κ3) is 2.86. The van der Waals surface area contributed by atoms with Crippen molar-refractivity contribution in [2.45, 2.75) is 6.92 Å². The Morgan fingerprint density at radius 3 is 2.70 bits per heavy atom. The molecule has 0 unspecified atom stereocenters. The Labute approximate surface area is 122 Å². The van der Waals surface area contributed by atoms with Gasteiger partial charge >= 0.3 is 0 Å². The molecule has 20 heavy (non-hydrogen) atoms. The van der Waals surface area contributed by atoms with Crippen LogP contribution in [0.1, 0.15) is 15.9 Å². The molecule has 0 aliphatic rings. The second-order valence-corrected chi connectivity index (χ2v) is 4.77. The molecule has 0 aromatic heterocycles. The molecule has 0 spiro atoms. The van der Waals surface area contributed by atoms with Crippen molar-refractivity contribution in [3.63, 3.8) is 0 Å². The van der Waals surface area contributed by atoms with Gasteiger partial charge in [-0.1, -0.05) is 29.3 Å². The van der Waals surface area contributed by atoms with E-state index in [-0.39, 0.29) is 5.91 Å². The van der Waals surface area contributed by atoms with Crippen molar-refractivity contribution in [2.24, 2.45) is 0 Å². The highest BCUT2D eigenvalue weighted by Gasteiger charge is 2.15. The lowest BCUT2D eigenvalue weighted by molar-refractivity contribution is 0.102. The van der Waals surface area contributed by atoms with E-state index >= 15 is 0 Å². The van der Waals surface area contributed by atoms with Crippen molar-refractivity contribution < 1.29 is 9.53 Å². The van der Waals surface area contributed by atoms with Gasteiger partial charge in [-0.05, 0) is 31.2 Å². The van der Waals surface area contributed by atoms with Gasteiger partial charge in [-0.2, -0.15) is 0 Å². The summed E-state index contributed by atoms with van der Waals surface area (Å²) in [5.74, 6) is 0.184. The van der Waals surface area contributed by atoms with E-state index in [2.05, 4.69) is 5.32 Å². The highest BCUT2D eigenvalue weighted by Crippen LogP contribution is 2.29. The molecule has 0 heterocycles. The predicted octanol–water partition coefficient (Wildman–Crippen LogP) is 3.49. The lowest BCUT2D eigenvalue weighted by Crippen LogP contribution is -2.15. The molecule has 3 N–H and O–H groups in total. The fourth-order valence-electron chi connectivity index (χ4n) is 1.85. The van der Waals surface area contributed by atoms with Gasteiger partial charge in [0.15, 0.2) is 0 Å². The number of nitrogens with two attached hydrogens (primary N) is 1. The Hall–Kier alpha value is -2.20. The van der Waals surface area contributed by atoms with E-state index in [1.807, 2.05) is 13.0 Å². The van der Waals surface area contributed by atoms with Crippen LogP contribution in [0, 0.1) is 6.92 Å². The number of methoxy groups -OCH3 is 1. The number of aryl methyl sites for hydroxylation is 1. The molecular formula is C15H15ClN2O2. The minimum atomic E-state index is -0.314. The molecule has 0 saturated carbocycles. The zero-order valence-electron chi connectivity index (χ0n) is 11.2. The van der Waals surface area contributed by atoms with Crippen LogP contribution in [0.5, 0.6) is 5.75 Å². The molecule has 5 heteroatoms. The van der Waals surface area contributed by atoms with Crippen molar-refractivity contribution in [3.8, 4) is 5.75 Å². The van der Waals surface area contributed by atoms with Crippen LogP contribution in [0.4, 0.5) is 11.4 Å². The van der Waals surface area contributed by atoms with Gasteiger partial charge in [-0.25, -0.2) is 0 Å². The summed E-state index contributed by atoms with van der Waals surface area (Å²) >= 11 is 6.04. The maximum absolute atomic E-state index is 12.3. The van der Waals surface area contributed by atoms with E-state index in [0.29, 0.717) is 27.7 Å². The van der Waals surface area contributed by atoms with Crippen molar-refractivity contribution in [1.82, 2.24) is 0 Å². The fourth-order valence-corrected chi connectivity index (χ4v) is 2.08. The zero-order chi connectivity index (χ0) is 14.7. The van der Waals surface area contributed by atoms with Gasteiger partial charge in [0, 0.05) is 0 Å². The van der Waals surface area contributed by atoms with E-state index in [0.717, 1.165) is 5.56 Å². The average molecular weight is 291 g/mol. The monoisotopic (exact) mass is 290 g/mol. The van der Waals surface area contributed by atoms with Crippen LogP contribution in [0.15, 0.2) is 36.4 Å². The van der Waals surface area contributed by atoms with Gasteiger partial charge in [0.05, 0.1) is 29.1 Å². The Bertz CT molecular complexity index is 636. The molecule has 0 fully saturated rings. The third-order valence-electron chi connectivity index (χ3n) is 2.88. The molecule has 0 bridgehead atoms. The van der Waals surface area contributed by atoms with Crippen LogP contribution in [-0.4, -0.2) is 13.0 Å². The first kappa shape index (κ1) is 14.2. The van der Waals surface area contributed by atoms with Crippen LogP contribution in [-0.2, 0) is 0 Å². The van der Waals surface area contributed by atoms with Gasteiger partial charge in [-0.3, -0.25) is 4.79 Å². The summed E-state index contributed by atoms with van der Waals surface area (Å²) in [5, 5.41) is 3.11. The molecule has 0 saturated heterocycles. The van der Waals surface area contributed by atoms with Crippen molar-refractivity contribution in [1.29, 1.82) is 0 Å². The lowest BCUT2D eigenvalue weighted by Gasteiger charge is -2.12. The minimum Gasteiger partial charge on any atom is -0.496 e. The van der Waals surface area contributed by atoms with E-state index in [1.54, 1.807) is 30.3 Å². The Balaban J connectivity index is 2.35.